The molecule has 1 aliphatic carbocycles. The van der Waals surface area contributed by atoms with Crippen molar-refractivity contribution in [3.8, 4) is 11.5 Å². The Kier molecular flexibility index (Phi) is 6.72. The highest BCUT2D eigenvalue weighted by Crippen LogP contribution is 2.36. The minimum absolute atomic E-state index is 0.284. The fourth-order valence-electron chi connectivity index (χ4n) is 4.53. The van der Waals surface area contributed by atoms with Gasteiger partial charge in [-0.25, -0.2) is 8.78 Å². The van der Waals surface area contributed by atoms with E-state index in [0.29, 0.717) is 24.1 Å². The monoisotopic (exact) mass is 416 g/mol. The van der Waals surface area contributed by atoms with Gasteiger partial charge in [0.05, 0.1) is 13.2 Å². The van der Waals surface area contributed by atoms with Crippen LogP contribution in [0.25, 0.3) is 0 Å². The Labute approximate surface area is 177 Å². The van der Waals surface area contributed by atoms with Gasteiger partial charge in [0, 0.05) is 18.8 Å². The predicted octanol–water partition coefficient (Wildman–Crippen LogP) is 5.10. The maximum absolute atomic E-state index is 13.4. The number of hydrogen-bond donors (Lipinski definition) is 2. The Morgan fingerprint density at radius 2 is 1.83 bits per heavy atom. The van der Waals surface area contributed by atoms with E-state index in [9.17, 15) is 8.78 Å². The molecule has 0 amide bonds. The van der Waals surface area contributed by atoms with Crippen molar-refractivity contribution in [2.75, 3.05) is 32.1 Å². The summed E-state index contributed by atoms with van der Waals surface area (Å²) in [6, 6.07) is 10.2. The molecule has 1 saturated heterocycles. The van der Waals surface area contributed by atoms with E-state index in [4.69, 9.17) is 9.47 Å². The summed E-state index contributed by atoms with van der Waals surface area (Å²) >= 11 is 0. The normalized spacial score (nSPS) is 22.1. The van der Waals surface area contributed by atoms with Crippen LogP contribution in [-0.4, -0.2) is 32.8 Å². The van der Waals surface area contributed by atoms with Crippen LogP contribution in [0, 0.1) is 17.6 Å². The quantitative estimate of drug-likeness (QED) is 0.659. The molecule has 2 fully saturated rings. The van der Waals surface area contributed by atoms with Crippen molar-refractivity contribution in [2.24, 2.45) is 5.92 Å². The molecular formula is C24H30F2N2O2. The molecule has 0 unspecified atom stereocenters. The molecule has 0 radical (unpaired) electrons. The number of piperidine rings is 1. The van der Waals surface area contributed by atoms with Crippen molar-refractivity contribution in [1.82, 2.24) is 5.32 Å². The Balaban J connectivity index is 1.40. The molecule has 2 aromatic carbocycles. The molecule has 162 valence electrons. The second kappa shape index (κ2) is 9.65. The van der Waals surface area contributed by atoms with E-state index in [1.165, 1.54) is 24.5 Å². The van der Waals surface area contributed by atoms with Crippen LogP contribution in [0.2, 0.25) is 0 Å². The molecule has 4 nitrogen and oxygen atoms in total. The van der Waals surface area contributed by atoms with Gasteiger partial charge in [-0.2, -0.15) is 0 Å². The lowest BCUT2D eigenvalue weighted by molar-refractivity contribution is 0.200. The smallest absolute Gasteiger partial charge is 0.161 e. The molecule has 1 heterocycles. The molecule has 2 aliphatic rings. The number of halogens is 2. The van der Waals surface area contributed by atoms with E-state index >= 15 is 0 Å². The minimum Gasteiger partial charge on any atom is -0.493 e. The molecule has 2 atom stereocenters. The average Bonchev–Trinajstić information content (AvgIpc) is 3.28. The number of nitrogens with one attached hydrogen (secondary N) is 2. The Hall–Kier alpha value is -2.34. The SMILES string of the molecule is COc1ccc([C@H]2CNC[C@@H](CNc3ccc(F)c(F)c3)C2)cc1OC1CCCC1. The summed E-state index contributed by atoms with van der Waals surface area (Å²) in [5.41, 5.74) is 1.85. The first-order chi connectivity index (χ1) is 14.6. The van der Waals surface area contributed by atoms with Crippen molar-refractivity contribution in [2.45, 2.75) is 44.1 Å². The van der Waals surface area contributed by atoms with E-state index in [0.717, 1.165) is 49.9 Å². The number of rotatable bonds is 7. The highest BCUT2D eigenvalue weighted by molar-refractivity contribution is 5.45. The van der Waals surface area contributed by atoms with Gasteiger partial charge in [0.15, 0.2) is 23.1 Å². The van der Waals surface area contributed by atoms with Crippen LogP contribution in [0.15, 0.2) is 36.4 Å². The lowest BCUT2D eigenvalue weighted by Crippen LogP contribution is -2.38. The highest BCUT2D eigenvalue weighted by Gasteiger charge is 2.25. The molecule has 2 N–H and O–H groups in total. The Bertz CT molecular complexity index is 855. The second-order valence-corrected chi connectivity index (χ2v) is 8.40. The lowest BCUT2D eigenvalue weighted by atomic mass is 9.85. The van der Waals surface area contributed by atoms with Crippen molar-refractivity contribution >= 4 is 5.69 Å². The lowest BCUT2D eigenvalue weighted by Gasteiger charge is -2.31. The zero-order valence-electron chi connectivity index (χ0n) is 17.4. The first-order valence-corrected chi connectivity index (χ1v) is 10.9. The predicted molar refractivity (Wildman–Crippen MR) is 114 cm³/mol. The molecule has 0 spiro atoms. The van der Waals surface area contributed by atoms with Crippen LogP contribution in [-0.2, 0) is 0 Å². The van der Waals surface area contributed by atoms with Crippen LogP contribution in [0.1, 0.15) is 43.6 Å². The summed E-state index contributed by atoms with van der Waals surface area (Å²) in [7, 11) is 1.68. The number of hydrogen-bond acceptors (Lipinski definition) is 4. The van der Waals surface area contributed by atoms with Gasteiger partial charge >= 0.3 is 0 Å². The van der Waals surface area contributed by atoms with E-state index in [1.54, 1.807) is 13.2 Å². The maximum Gasteiger partial charge on any atom is 0.161 e. The molecule has 4 rings (SSSR count). The van der Waals surface area contributed by atoms with Crippen molar-refractivity contribution in [3.05, 3.63) is 53.6 Å². The van der Waals surface area contributed by atoms with Gasteiger partial charge in [0.25, 0.3) is 0 Å². The van der Waals surface area contributed by atoms with Gasteiger partial charge in [-0.1, -0.05) is 6.07 Å². The van der Waals surface area contributed by atoms with E-state index in [-0.39, 0.29) is 6.10 Å². The highest BCUT2D eigenvalue weighted by atomic mass is 19.2. The maximum atomic E-state index is 13.4. The number of anilines is 1. The molecule has 30 heavy (non-hydrogen) atoms. The first-order valence-electron chi connectivity index (χ1n) is 10.9. The molecule has 1 aliphatic heterocycles. The van der Waals surface area contributed by atoms with Crippen molar-refractivity contribution < 1.29 is 18.3 Å². The molecular weight excluding hydrogens is 386 g/mol. The van der Waals surface area contributed by atoms with Crippen LogP contribution in [0.5, 0.6) is 11.5 Å². The number of ether oxygens (including phenoxy) is 2. The summed E-state index contributed by atoms with van der Waals surface area (Å²) in [4.78, 5) is 0. The van der Waals surface area contributed by atoms with Gasteiger partial charge in [-0.3, -0.25) is 0 Å². The van der Waals surface area contributed by atoms with Gasteiger partial charge in [0.2, 0.25) is 0 Å². The fraction of sp³-hybridized carbons (Fsp3) is 0.500. The molecule has 1 saturated carbocycles. The summed E-state index contributed by atoms with van der Waals surface area (Å²) < 4.78 is 38.3. The zero-order valence-corrected chi connectivity index (χ0v) is 17.4. The first kappa shape index (κ1) is 20.9. The summed E-state index contributed by atoms with van der Waals surface area (Å²) in [5.74, 6) is 0.725. The summed E-state index contributed by atoms with van der Waals surface area (Å²) in [5, 5.41) is 6.76. The van der Waals surface area contributed by atoms with Gasteiger partial charge in [-0.05, 0) is 86.4 Å². The Morgan fingerprint density at radius 1 is 1.00 bits per heavy atom. The molecule has 0 bridgehead atoms. The Morgan fingerprint density at radius 3 is 2.60 bits per heavy atom. The molecule has 0 aromatic heterocycles. The van der Waals surface area contributed by atoms with Crippen LogP contribution >= 0.6 is 0 Å². The summed E-state index contributed by atoms with van der Waals surface area (Å²) in [6.07, 6.45) is 5.97. The van der Waals surface area contributed by atoms with Crippen LogP contribution < -0.4 is 20.1 Å². The van der Waals surface area contributed by atoms with Gasteiger partial charge in [-0.15, -0.1) is 0 Å². The fourth-order valence-corrected chi connectivity index (χ4v) is 4.53. The third-order valence-corrected chi connectivity index (χ3v) is 6.21. The van der Waals surface area contributed by atoms with Crippen molar-refractivity contribution in [1.29, 1.82) is 0 Å². The number of methoxy groups -OCH3 is 1. The largest absolute Gasteiger partial charge is 0.493 e. The third kappa shape index (κ3) is 5.04. The third-order valence-electron chi connectivity index (χ3n) is 6.21. The summed E-state index contributed by atoms with van der Waals surface area (Å²) in [6.45, 7) is 2.52. The van der Waals surface area contributed by atoms with E-state index in [2.05, 4.69) is 22.8 Å². The van der Waals surface area contributed by atoms with Crippen LogP contribution in [0.4, 0.5) is 14.5 Å². The molecule has 2 aromatic rings. The molecule has 6 heteroatoms. The van der Waals surface area contributed by atoms with Gasteiger partial charge in [0.1, 0.15) is 0 Å². The van der Waals surface area contributed by atoms with Gasteiger partial charge < -0.3 is 20.1 Å². The topological polar surface area (TPSA) is 42.5 Å². The second-order valence-electron chi connectivity index (χ2n) is 8.40. The van der Waals surface area contributed by atoms with Crippen molar-refractivity contribution in [3.63, 3.8) is 0 Å². The minimum atomic E-state index is -0.826. The van der Waals surface area contributed by atoms with E-state index in [1.807, 2.05) is 6.07 Å². The van der Waals surface area contributed by atoms with E-state index < -0.39 is 11.6 Å². The standard InChI is InChI=1S/C24H30F2N2O2/c1-29-23-9-6-17(11-24(23)30-20-4-2-3-5-20)18-10-16(13-27-15-18)14-28-19-7-8-21(25)22(26)12-19/h6-9,11-12,16,18,20,27-28H,2-5,10,13-15H2,1H3/t16-,18+/m0/s1. The zero-order chi connectivity index (χ0) is 20.9. The number of benzene rings is 2. The van der Waals surface area contributed by atoms with Crippen LogP contribution in [0.3, 0.4) is 0 Å². The average molecular weight is 417 g/mol.